The highest BCUT2D eigenvalue weighted by molar-refractivity contribution is 9.10. The van der Waals surface area contributed by atoms with Gasteiger partial charge in [0.15, 0.2) is 15.4 Å². The van der Waals surface area contributed by atoms with Crippen LogP contribution in [0.2, 0.25) is 0 Å². The zero-order valence-corrected chi connectivity index (χ0v) is 25.8. The molecular weight excluding hydrogens is 644 g/mol. The van der Waals surface area contributed by atoms with Crippen molar-refractivity contribution < 1.29 is 31.4 Å². The summed E-state index contributed by atoms with van der Waals surface area (Å²) in [7, 11) is -3.21. The summed E-state index contributed by atoms with van der Waals surface area (Å²) in [5, 5.41) is 3.82. The number of halogens is 3. The Hall–Kier alpha value is -3.61. The number of rotatable bonds is 13. The molecule has 3 aromatic carbocycles. The number of ether oxygens (including phenoxy) is 3. The zero-order chi connectivity index (χ0) is 30.5. The fourth-order valence-electron chi connectivity index (χ4n) is 4.79. The monoisotopic (exact) mass is 673 g/mol. The fraction of sp³-hybridized carbons (Fsp3) is 0.290. The number of fused-ring (bicyclic) bond motifs is 1. The van der Waals surface area contributed by atoms with Crippen molar-refractivity contribution in [1.29, 1.82) is 0 Å². The molecule has 1 aromatic heterocycles. The van der Waals surface area contributed by atoms with Crippen LogP contribution in [0.1, 0.15) is 30.9 Å². The molecule has 0 amide bonds. The molecule has 0 radical (unpaired) electrons. The number of aromatic nitrogens is 2. The third-order valence-corrected chi connectivity index (χ3v) is 9.36. The molecule has 1 atom stereocenters. The summed E-state index contributed by atoms with van der Waals surface area (Å²) in [4.78, 5) is 8.64. The number of benzene rings is 3. The van der Waals surface area contributed by atoms with E-state index in [1.165, 1.54) is 30.8 Å². The van der Waals surface area contributed by atoms with Gasteiger partial charge in [-0.1, -0.05) is 19.1 Å². The third kappa shape index (κ3) is 7.49. The Morgan fingerprint density at radius 2 is 1.95 bits per heavy atom. The van der Waals surface area contributed by atoms with Crippen LogP contribution in [0.5, 0.6) is 5.75 Å². The Balaban J connectivity index is 1.35. The molecule has 1 aliphatic rings. The molecule has 0 fully saturated rings. The highest BCUT2D eigenvalue weighted by atomic mass is 79.9. The molecule has 5 rings (SSSR count). The van der Waals surface area contributed by atoms with Gasteiger partial charge in [0.25, 0.3) is 0 Å². The summed E-state index contributed by atoms with van der Waals surface area (Å²) in [6, 6.07) is 14.6. The van der Waals surface area contributed by atoms with Gasteiger partial charge in [0.1, 0.15) is 36.1 Å². The molecule has 0 saturated carbocycles. The van der Waals surface area contributed by atoms with Gasteiger partial charge in [-0.25, -0.2) is 27.2 Å². The lowest BCUT2D eigenvalue weighted by atomic mass is 9.90. The van der Waals surface area contributed by atoms with E-state index in [1.54, 1.807) is 43.3 Å². The maximum atomic E-state index is 15.5. The van der Waals surface area contributed by atoms with Crippen molar-refractivity contribution in [2.45, 2.75) is 32.0 Å². The molecule has 0 aliphatic carbocycles. The topological polar surface area (TPSA) is 99.6 Å². The summed E-state index contributed by atoms with van der Waals surface area (Å²) >= 11 is 3.53. The number of hydrogen-bond donors (Lipinski definition) is 1. The molecule has 0 bridgehead atoms. The Bertz CT molecular complexity index is 1750. The first-order chi connectivity index (χ1) is 20.7. The molecule has 43 heavy (non-hydrogen) atoms. The third-order valence-electron chi connectivity index (χ3n) is 6.92. The Labute approximate surface area is 257 Å². The van der Waals surface area contributed by atoms with Crippen LogP contribution in [0.25, 0.3) is 10.9 Å². The lowest BCUT2D eigenvalue weighted by Crippen LogP contribution is -2.33. The van der Waals surface area contributed by atoms with Crippen LogP contribution in [-0.2, 0) is 31.5 Å². The fourth-order valence-corrected chi connectivity index (χ4v) is 6.48. The molecule has 0 saturated heterocycles. The molecule has 226 valence electrons. The standard InChI is InChI=1S/C31H30BrF2N3O5S/c1-2-12-43(38,39)13-11-40-19-31(9-4-10-42-31)25-16-24-28(17-27(25)34)35-20-36-30(24)37-23-7-8-29(26(32)15-23)41-18-21-5-3-6-22(33)14-21/h3-8,10,14-17,20H,2,9,11-13,18-19H2,1H3,(H,35,36,37). The maximum absolute atomic E-state index is 15.5. The summed E-state index contributed by atoms with van der Waals surface area (Å²) in [6.07, 6.45) is 5.50. The van der Waals surface area contributed by atoms with E-state index in [4.69, 9.17) is 14.2 Å². The Kier molecular flexibility index (Phi) is 9.58. The van der Waals surface area contributed by atoms with Crippen LogP contribution in [0.4, 0.5) is 20.3 Å². The predicted molar refractivity (Wildman–Crippen MR) is 164 cm³/mol. The predicted octanol–water partition coefficient (Wildman–Crippen LogP) is 6.96. The average molecular weight is 675 g/mol. The zero-order valence-electron chi connectivity index (χ0n) is 23.4. The minimum absolute atomic E-state index is 0.0185. The van der Waals surface area contributed by atoms with Gasteiger partial charge in [0.2, 0.25) is 0 Å². The number of nitrogens with one attached hydrogen (secondary N) is 1. The second-order valence-corrected chi connectivity index (χ2v) is 13.3. The molecule has 1 unspecified atom stereocenters. The number of anilines is 2. The molecule has 2 heterocycles. The SMILES string of the molecule is CCCS(=O)(=O)CCOCC1(c2cc3c(Nc4ccc(OCc5cccc(F)c5)c(Br)c4)ncnc3cc2F)CC=CO1. The normalized spacial score (nSPS) is 16.4. The van der Waals surface area contributed by atoms with E-state index < -0.39 is 21.3 Å². The second kappa shape index (κ2) is 13.4. The van der Waals surface area contributed by atoms with Gasteiger partial charge in [0, 0.05) is 34.9 Å². The van der Waals surface area contributed by atoms with Crippen LogP contribution >= 0.6 is 15.9 Å². The molecule has 4 aromatic rings. The highest BCUT2D eigenvalue weighted by Gasteiger charge is 2.39. The minimum Gasteiger partial charge on any atom is -0.488 e. The van der Waals surface area contributed by atoms with E-state index in [2.05, 4.69) is 31.2 Å². The van der Waals surface area contributed by atoms with Gasteiger partial charge in [-0.15, -0.1) is 0 Å². The summed E-state index contributed by atoms with van der Waals surface area (Å²) in [5.74, 6) is 0.144. The summed E-state index contributed by atoms with van der Waals surface area (Å²) in [5.41, 5.74) is 0.864. The first kappa shape index (κ1) is 30.8. The van der Waals surface area contributed by atoms with Crippen molar-refractivity contribution in [3.63, 3.8) is 0 Å². The molecular formula is C31H30BrF2N3O5S. The maximum Gasteiger partial charge on any atom is 0.163 e. The molecule has 1 aliphatic heterocycles. The number of hydrogen-bond acceptors (Lipinski definition) is 8. The van der Waals surface area contributed by atoms with Crippen LogP contribution < -0.4 is 10.1 Å². The van der Waals surface area contributed by atoms with Crippen LogP contribution in [0, 0.1) is 11.6 Å². The van der Waals surface area contributed by atoms with Crippen molar-refractivity contribution in [3.05, 3.63) is 100 Å². The van der Waals surface area contributed by atoms with Gasteiger partial charge in [-0.3, -0.25) is 0 Å². The summed E-state index contributed by atoms with van der Waals surface area (Å²) in [6.45, 7) is 1.95. The van der Waals surface area contributed by atoms with Crippen molar-refractivity contribution in [2.24, 2.45) is 0 Å². The van der Waals surface area contributed by atoms with E-state index in [1.807, 2.05) is 6.07 Å². The Morgan fingerprint density at radius 3 is 2.70 bits per heavy atom. The van der Waals surface area contributed by atoms with Crippen molar-refractivity contribution in [2.75, 3.05) is 30.0 Å². The first-order valence-corrected chi connectivity index (χ1v) is 16.3. The van der Waals surface area contributed by atoms with E-state index in [9.17, 15) is 12.8 Å². The van der Waals surface area contributed by atoms with Gasteiger partial charge in [0.05, 0.1) is 35.2 Å². The summed E-state index contributed by atoms with van der Waals surface area (Å²) < 4.78 is 71.3. The second-order valence-electron chi connectivity index (χ2n) is 10.2. The Morgan fingerprint density at radius 1 is 1.09 bits per heavy atom. The molecule has 12 heteroatoms. The molecule has 0 spiro atoms. The van der Waals surface area contributed by atoms with Crippen molar-refractivity contribution in [1.82, 2.24) is 9.97 Å². The van der Waals surface area contributed by atoms with Crippen LogP contribution in [0.15, 0.2) is 77.7 Å². The van der Waals surface area contributed by atoms with Crippen molar-refractivity contribution in [3.8, 4) is 5.75 Å². The minimum atomic E-state index is -3.21. The van der Waals surface area contributed by atoms with Gasteiger partial charge >= 0.3 is 0 Å². The van der Waals surface area contributed by atoms with Gasteiger partial charge in [-0.05, 0) is 70.4 Å². The van der Waals surface area contributed by atoms with E-state index in [-0.39, 0.29) is 42.7 Å². The van der Waals surface area contributed by atoms with Crippen LogP contribution in [0.3, 0.4) is 0 Å². The molecule has 1 N–H and O–H groups in total. The van der Waals surface area contributed by atoms with Crippen LogP contribution in [-0.4, -0.2) is 43.1 Å². The quantitative estimate of drug-likeness (QED) is 0.152. The first-order valence-electron chi connectivity index (χ1n) is 13.7. The lowest BCUT2D eigenvalue weighted by Gasteiger charge is -2.30. The van der Waals surface area contributed by atoms with Gasteiger partial charge in [-0.2, -0.15) is 0 Å². The van der Waals surface area contributed by atoms with E-state index in [0.29, 0.717) is 51.0 Å². The smallest absolute Gasteiger partial charge is 0.163 e. The lowest BCUT2D eigenvalue weighted by molar-refractivity contribution is -0.0439. The number of nitrogens with zero attached hydrogens (tertiary/aromatic N) is 2. The largest absolute Gasteiger partial charge is 0.488 e. The van der Waals surface area contributed by atoms with E-state index in [0.717, 1.165) is 0 Å². The highest BCUT2D eigenvalue weighted by Crippen LogP contribution is 2.39. The number of sulfone groups is 1. The average Bonchev–Trinajstić information content (AvgIpc) is 3.44. The van der Waals surface area contributed by atoms with Crippen molar-refractivity contribution >= 4 is 48.2 Å². The van der Waals surface area contributed by atoms with E-state index >= 15 is 4.39 Å². The van der Waals surface area contributed by atoms with Gasteiger partial charge < -0.3 is 19.5 Å². The molecule has 8 nitrogen and oxygen atoms in total.